The van der Waals surface area contributed by atoms with Crippen LogP contribution in [0.2, 0.25) is 0 Å². The van der Waals surface area contributed by atoms with E-state index in [1.807, 2.05) is 0 Å². The molecule has 0 saturated carbocycles. The first-order valence-corrected chi connectivity index (χ1v) is 8.69. The first-order chi connectivity index (χ1) is 11.1. The van der Waals surface area contributed by atoms with Gasteiger partial charge in [-0.05, 0) is 12.2 Å². The van der Waals surface area contributed by atoms with Crippen LogP contribution in [0.3, 0.4) is 0 Å². The highest BCUT2D eigenvalue weighted by molar-refractivity contribution is 7.99. The van der Waals surface area contributed by atoms with Gasteiger partial charge >= 0.3 is 5.97 Å². The summed E-state index contributed by atoms with van der Waals surface area (Å²) < 4.78 is 20.6. The lowest BCUT2D eigenvalue weighted by Gasteiger charge is -2.12. The van der Waals surface area contributed by atoms with Crippen LogP contribution in [0.1, 0.15) is 6.42 Å². The third kappa shape index (κ3) is 16.2. The zero-order valence-electron chi connectivity index (χ0n) is 13.6. The highest BCUT2D eigenvalue weighted by Crippen LogP contribution is 2.07. The summed E-state index contributed by atoms with van der Waals surface area (Å²) in [4.78, 5) is 10.5. The Morgan fingerprint density at radius 1 is 1.09 bits per heavy atom. The molecule has 0 aromatic rings. The van der Waals surface area contributed by atoms with Crippen molar-refractivity contribution in [3.8, 4) is 0 Å². The van der Waals surface area contributed by atoms with Crippen LogP contribution < -0.4 is 5.73 Å². The monoisotopic (exact) mass is 355 g/mol. The van der Waals surface area contributed by atoms with Gasteiger partial charge in [0.1, 0.15) is 6.04 Å². The minimum atomic E-state index is -1.00. The molecule has 4 N–H and O–H groups in total. The predicted molar refractivity (Wildman–Crippen MR) is 87.9 cm³/mol. The van der Waals surface area contributed by atoms with Crippen molar-refractivity contribution < 1.29 is 34.0 Å². The van der Waals surface area contributed by atoms with Crippen molar-refractivity contribution in [3.63, 3.8) is 0 Å². The number of aliphatic hydroxyl groups excluding tert-OH is 1. The standard InChI is InChI=1S/C14H29NO7S/c1-19-3-4-20-5-6-21-7-8-22-10-12(16)11-23-9-2-13(15)14(17)18/h12-13,16H,2-11,15H2,1H3,(H,17,18)/t12?,13-/m0/s1. The van der Waals surface area contributed by atoms with Gasteiger partial charge in [-0.3, -0.25) is 4.79 Å². The molecule has 0 amide bonds. The van der Waals surface area contributed by atoms with Gasteiger partial charge in [-0.15, -0.1) is 0 Å². The number of carbonyl (C=O) groups is 1. The molecule has 0 fully saturated rings. The second kappa shape index (κ2) is 16.4. The second-order valence-corrected chi connectivity index (χ2v) is 5.90. The number of ether oxygens (including phenoxy) is 4. The van der Waals surface area contributed by atoms with Gasteiger partial charge < -0.3 is 34.9 Å². The van der Waals surface area contributed by atoms with Crippen LogP contribution in [-0.2, 0) is 23.7 Å². The van der Waals surface area contributed by atoms with E-state index in [2.05, 4.69) is 0 Å². The summed E-state index contributed by atoms with van der Waals surface area (Å²) in [7, 11) is 1.62. The summed E-state index contributed by atoms with van der Waals surface area (Å²) in [5, 5.41) is 18.3. The van der Waals surface area contributed by atoms with Gasteiger partial charge in [0.05, 0.1) is 52.4 Å². The van der Waals surface area contributed by atoms with Crippen molar-refractivity contribution in [2.45, 2.75) is 18.6 Å². The van der Waals surface area contributed by atoms with Gasteiger partial charge in [0.15, 0.2) is 0 Å². The Labute approximate surface area is 141 Å². The molecule has 0 aromatic carbocycles. The van der Waals surface area contributed by atoms with E-state index in [-0.39, 0.29) is 6.61 Å². The SMILES string of the molecule is COCCOCCOCCOCC(O)CSCC[C@H](N)C(=O)O. The molecule has 0 aromatic heterocycles. The van der Waals surface area contributed by atoms with Crippen molar-refractivity contribution >= 4 is 17.7 Å². The van der Waals surface area contributed by atoms with E-state index < -0.39 is 18.1 Å². The minimum absolute atomic E-state index is 0.228. The number of hydrogen-bond acceptors (Lipinski definition) is 8. The summed E-state index contributed by atoms with van der Waals surface area (Å²) in [5.74, 6) is 0.0793. The lowest BCUT2D eigenvalue weighted by Crippen LogP contribution is -2.30. The molecular formula is C14H29NO7S. The Morgan fingerprint density at radius 2 is 1.65 bits per heavy atom. The first kappa shape index (κ1) is 22.6. The molecule has 2 atom stereocenters. The number of hydrogen-bond donors (Lipinski definition) is 3. The van der Waals surface area contributed by atoms with Crippen LogP contribution in [-0.4, -0.2) is 93.2 Å². The molecule has 0 bridgehead atoms. The Bertz CT molecular complexity index is 284. The molecule has 0 rings (SSSR count). The molecule has 1 unspecified atom stereocenters. The van der Waals surface area contributed by atoms with Gasteiger partial charge in [-0.1, -0.05) is 0 Å². The van der Waals surface area contributed by atoms with Crippen LogP contribution in [0, 0.1) is 0 Å². The van der Waals surface area contributed by atoms with Crippen LogP contribution >= 0.6 is 11.8 Å². The fourth-order valence-corrected chi connectivity index (χ4v) is 2.36. The number of thioether (sulfide) groups is 1. The van der Waals surface area contributed by atoms with Crippen LogP contribution in [0.4, 0.5) is 0 Å². The predicted octanol–water partition coefficient (Wildman–Crippen LogP) is -0.421. The first-order valence-electron chi connectivity index (χ1n) is 7.54. The molecule has 8 nitrogen and oxygen atoms in total. The van der Waals surface area contributed by atoms with E-state index in [0.717, 1.165) is 0 Å². The van der Waals surface area contributed by atoms with Gasteiger partial charge in [0.2, 0.25) is 0 Å². The number of aliphatic carboxylic acids is 1. The minimum Gasteiger partial charge on any atom is -0.480 e. The van der Waals surface area contributed by atoms with Gasteiger partial charge in [0.25, 0.3) is 0 Å². The molecule has 0 heterocycles. The fraction of sp³-hybridized carbons (Fsp3) is 0.929. The number of nitrogens with two attached hydrogens (primary N) is 1. The van der Waals surface area contributed by atoms with Crippen molar-refractivity contribution in [1.82, 2.24) is 0 Å². The largest absolute Gasteiger partial charge is 0.480 e. The molecule has 23 heavy (non-hydrogen) atoms. The quantitative estimate of drug-likeness (QED) is 0.299. The highest BCUT2D eigenvalue weighted by atomic mass is 32.2. The summed E-state index contributed by atoms with van der Waals surface area (Å²) in [6.07, 6.45) is -0.202. The summed E-state index contributed by atoms with van der Waals surface area (Å²) in [5.41, 5.74) is 5.38. The van der Waals surface area contributed by atoms with Gasteiger partial charge in [-0.2, -0.15) is 11.8 Å². The average molecular weight is 355 g/mol. The number of methoxy groups -OCH3 is 1. The van der Waals surface area contributed by atoms with Crippen LogP contribution in [0.15, 0.2) is 0 Å². The van der Waals surface area contributed by atoms with E-state index in [1.165, 1.54) is 11.8 Å². The van der Waals surface area contributed by atoms with Crippen molar-refractivity contribution in [2.24, 2.45) is 5.73 Å². The summed E-state index contributed by atoms with van der Waals surface area (Å²) >= 11 is 1.46. The summed E-state index contributed by atoms with van der Waals surface area (Å²) in [6.45, 7) is 3.21. The summed E-state index contributed by atoms with van der Waals surface area (Å²) in [6, 6.07) is -0.841. The Kier molecular flexibility index (Phi) is 16.1. The third-order valence-corrected chi connectivity index (χ3v) is 3.83. The normalized spacial score (nSPS) is 13.9. The number of carboxylic acids is 1. The van der Waals surface area contributed by atoms with Crippen molar-refractivity contribution in [2.75, 3.05) is 64.9 Å². The Balaban J connectivity index is 3.24. The van der Waals surface area contributed by atoms with E-state index in [4.69, 9.17) is 29.8 Å². The Hall–Kier alpha value is -0.420. The lowest BCUT2D eigenvalue weighted by atomic mass is 10.2. The van der Waals surface area contributed by atoms with E-state index in [1.54, 1.807) is 7.11 Å². The number of carboxylic acid groups (broad SMARTS) is 1. The Morgan fingerprint density at radius 3 is 2.22 bits per heavy atom. The molecule has 0 aliphatic rings. The zero-order chi connectivity index (χ0) is 17.3. The molecule has 0 spiro atoms. The van der Waals surface area contributed by atoms with E-state index >= 15 is 0 Å². The second-order valence-electron chi connectivity index (χ2n) is 4.75. The van der Waals surface area contributed by atoms with Gasteiger partial charge in [0, 0.05) is 12.9 Å². The molecule has 0 radical (unpaired) electrons. The maximum absolute atomic E-state index is 10.5. The topological polar surface area (TPSA) is 120 Å². The molecule has 9 heteroatoms. The van der Waals surface area contributed by atoms with Crippen LogP contribution in [0.25, 0.3) is 0 Å². The van der Waals surface area contributed by atoms with E-state index in [9.17, 15) is 9.90 Å². The smallest absolute Gasteiger partial charge is 0.320 e. The maximum atomic E-state index is 10.5. The number of rotatable bonds is 17. The highest BCUT2D eigenvalue weighted by Gasteiger charge is 2.11. The fourth-order valence-electron chi connectivity index (χ4n) is 1.40. The number of aliphatic hydroxyl groups is 1. The molecule has 0 aliphatic carbocycles. The third-order valence-electron chi connectivity index (χ3n) is 2.69. The maximum Gasteiger partial charge on any atom is 0.320 e. The molecule has 0 saturated heterocycles. The van der Waals surface area contributed by atoms with Crippen LogP contribution in [0.5, 0.6) is 0 Å². The molecular weight excluding hydrogens is 326 g/mol. The molecule has 138 valence electrons. The zero-order valence-corrected chi connectivity index (χ0v) is 14.5. The van der Waals surface area contributed by atoms with Crippen molar-refractivity contribution in [1.29, 1.82) is 0 Å². The molecule has 0 aliphatic heterocycles. The average Bonchev–Trinajstić information content (AvgIpc) is 2.53. The lowest BCUT2D eigenvalue weighted by molar-refractivity contribution is -0.138. The van der Waals surface area contributed by atoms with E-state index in [0.29, 0.717) is 57.6 Å². The van der Waals surface area contributed by atoms with Gasteiger partial charge in [-0.25, -0.2) is 0 Å². The van der Waals surface area contributed by atoms with Crippen molar-refractivity contribution in [3.05, 3.63) is 0 Å².